The van der Waals surface area contributed by atoms with E-state index in [0.717, 1.165) is 11.3 Å². The van der Waals surface area contributed by atoms with Gasteiger partial charge >= 0.3 is 11.9 Å². The Balaban J connectivity index is 1.66. The molecule has 42 heavy (non-hydrogen) atoms. The summed E-state index contributed by atoms with van der Waals surface area (Å²) in [6, 6.07) is 14.3. The Hall–Kier alpha value is -4.90. The van der Waals surface area contributed by atoms with Crippen molar-refractivity contribution in [3.63, 3.8) is 0 Å². The molecule has 2 aromatic carbocycles. The number of esters is 1. The van der Waals surface area contributed by atoms with Gasteiger partial charge in [-0.2, -0.15) is 0 Å². The van der Waals surface area contributed by atoms with Gasteiger partial charge in [-0.3, -0.25) is 9.36 Å². The second-order valence-corrected chi connectivity index (χ2v) is 10.2. The molecule has 1 atom stereocenters. The molecule has 216 valence electrons. The Morgan fingerprint density at radius 1 is 1.10 bits per heavy atom. The number of allylic oxidation sites excluding steroid dienone is 1. The van der Waals surface area contributed by atoms with Crippen LogP contribution in [-0.4, -0.2) is 41.9 Å². The van der Waals surface area contributed by atoms with Crippen LogP contribution in [0.25, 0.3) is 17.4 Å². The SMILES string of the molecule is CCOC(=O)C1=C(C)N=c2s/c(=C\c3ccc(-c4ccccc4C(=O)O)o3)c(=O)n2[C@H]1c1ccc(OC)c(OCC)c1. The van der Waals surface area contributed by atoms with Gasteiger partial charge in [0.1, 0.15) is 11.5 Å². The van der Waals surface area contributed by atoms with E-state index >= 15 is 0 Å². The lowest BCUT2D eigenvalue weighted by Crippen LogP contribution is -2.39. The number of fused-ring (bicyclic) bond motifs is 1. The molecule has 0 amide bonds. The monoisotopic (exact) mass is 588 g/mol. The summed E-state index contributed by atoms with van der Waals surface area (Å²) in [5.41, 5.74) is 1.45. The Bertz CT molecular complexity index is 1900. The van der Waals surface area contributed by atoms with Crippen LogP contribution < -0.4 is 24.4 Å². The van der Waals surface area contributed by atoms with E-state index in [2.05, 4.69) is 4.99 Å². The number of hydrogen-bond acceptors (Lipinski definition) is 9. The maximum Gasteiger partial charge on any atom is 0.338 e. The molecule has 0 saturated carbocycles. The van der Waals surface area contributed by atoms with Gasteiger partial charge in [0.05, 0.1) is 47.7 Å². The van der Waals surface area contributed by atoms with Gasteiger partial charge in [0.15, 0.2) is 16.3 Å². The molecule has 0 unspecified atom stereocenters. The predicted molar refractivity (Wildman–Crippen MR) is 156 cm³/mol. The van der Waals surface area contributed by atoms with E-state index in [9.17, 15) is 19.5 Å². The smallest absolute Gasteiger partial charge is 0.338 e. The van der Waals surface area contributed by atoms with E-state index in [0.29, 0.717) is 55.8 Å². The molecule has 11 heteroatoms. The predicted octanol–water partition coefficient (Wildman–Crippen LogP) is 4.16. The van der Waals surface area contributed by atoms with Crippen LogP contribution in [-0.2, 0) is 9.53 Å². The summed E-state index contributed by atoms with van der Waals surface area (Å²) in [5, 5.41) is 9.56. The molecule has 1 aliphatic heterocycles. The highest BCUT2D eigenvalue weighted by Gasteiger charge is 2.34. The number of hydrogen-bond donors (Lipinski definition) is 1. The van der Waals surface area contributed by atoms with Gasteiger partial charge in [0.25, 0.3) is 5.56 Å². The van der Waals surface area contributed by atoms with Crippen LogP contribution in [0.3, 0.4) is 0 Å². The third-order valence-electron chi connectivity index (χ3n) is 6.64. The zero-order valence-corrected chi connectivity index (χ0v) is 24.2. The fourth-order valence-electron chi connectivity index (χ4n) is 4.83. The van der Waals surface area contributed by atoms with Crippen LogP contribution in [0, 0.1) is 0 Å². The third-order valence-corrected chi connectivity index (χ3v) is 7.63. The summed E-state index contributed by atoms with van der Waals surface area (Å²) in [6.07, 6.45) is 1.58. The van der Waals surface area contributed by atoms with Crippen molar-refractivity contribution in [2.45, 2.75) is 26.8 Å². The first kappa shape index (κ1) is 28.6. The average molecular weight is 589 g/mol. The number of aromatic carboxylic acids is 1. The van der Waals surface area contributed by atoms with Crippen LogP contribution in [0.5, 0.6) is 11.5 Å². The van der Waals surface area contributed by atoms with Crippen molar-refractivity contribution in [3.8, 4) is 22.8 Å². The molecule has 3 heterocycles. The van der Waals surface area contributed by atoms with Gasteiger partial charge in [-0.15, -0.1) is 0 Å². The molecule has 2 aromatic heterocycles. The number of aromatic nitrogens is 1. The lowest BCUT2D eigenvalue weighted by molar-refractivity contribution is -0.139. The van der Waals surface area contributed by atoms with Crippen LogP contribution in [0.4, 0.5) is 0 Å². The molecule has 0 fully saturated rings. The molecule has 10 nitrogen and oxygen atoms in total. The summed E-state index contributed by atoms with van der Waals surface area (Å²) in [6.45, 7) is 5.83. The maximum atomic E-state index is 13.9. The Kier molecular flexibility index (Phi) is 8.12. The van der Waals surface area contributed by atoms with E-state index in [-0.39, 0.29) is 23.3 Å². The number of carboxylic acid groups (broad SMARTS) is 1. The second kappa shape index (κ2) is 11.9. The van der Waals surface area contributed by atoms with Crippen molar-refractivity contribution in [3.05, 3.63) is 102 Å². The molecule has 1 aliphatic rings. The zero-order valence-electron chi connectivity index (χ0n) is 23.4. The lowest BCUT2D eigenvalue weighted by atomic mass is 9.95. The van der Waals surface area contributed by atoms with E-state index in [4.69, 9.17) is 18.6 Å². The minimum atomic E-state index is -1.07. The van der Waals surface area contributed by atoms with Gasteiger partial charge < -0.3 is 23.7 Å². The molecular weight excluding hydrogens is 560 g/mol. The first-order valence-corrected chi connectivity index (χ1v) is 14.0. The summed E-state index contributed by atoms with van der Waals surface area (Å²) < 4.78 is 24.3. The minimum absolute atomic E-state index is 0.102. The number of methoxy groups -OCH3 is 1. The van der Waals surface area contributed by atoms with E-state index in [1.165, 1.54) is 17.7 Å². The van der Waals surface area contributed by atoms with Crippen molar-refractivity contribution in [1.82, 2.24) is 4.57 Å². The highest BCUT2D eigenvalue weighted by atomic mass is 32.1. The van der Waals surface area contributed by atoms with Crippen molar-refractivity contribution in [2.24, 2.45) is 4.99 Å². The Morgan fingerprint density at radius 3 is 2.60 bits per heavy atom. The maximum absolute atomic E-state index is 13.9. The number of carbonyl (C=O) groups excluding carboxylic acids is 1. The summed E-state index contributed by atoms with van der Waals surface area (Å²) in [5.74, 6) is 0.0606. The van der Waals surface area contributed by atoms with Gasteiger partial charge in [-0.1, -0.05) is 35.6 Å². The van der Waals surface area contributed by atoms with Crippen LogP contribution >= 0.6 is 11.3 Å². The first-order chi connectivity index (χ1) is 20.3. The molecular formula is C31H28N2O8S. The number of rotatable bonds is 9. The fraction of sp³-hybridized carbons (Fsp3) is 0.226. The number of carboxylic acids is 1. The molecule has 1 N–H and O–H groups in total. The van der Waals surface area contributed by atoms with Gasteiger partial charge in [-0.05, 0) is 56.7 Å². The number of thiazole rings is 1. The van der Waals surface area contributed by atoms with Gasteiger partial charge in [-0.25, -0.2) is 14.6 Å². The number of carbonyl (C=O) groups is 2. The number of benzene rings is 2. The first-order valence-electron chi connectivity index (χ1n) is 13.2. The van der Waals surface area contributed by atoms with E-state index in [1.807, 2.05) is 6.92 Å². The van der Waals surface area contributed by atoms with Crippen molar-refractivity contribution in [2.75, 3.05) is 20.3 Å². The molecule has 0 saturated heterocycles. The molecule has 5 rings (SSSR count). The van der Waals surface area contributed by atoms with Gasteiger partial charge in [0, 0.05) is 11.6 Å². The standard InChI is InChI=1S/C31H28N2O8S/c1-5-39-24-15-18(11-13-23(24)38-4)27-26(30(37)40-6-2)17(3)32-31-33(27)28(34)25(42-31)16-19-12-14-22(41-19)20-9-7-8-10-21(20)29(35)36/h7-16,27H,5-6H2,1-4H3,(H,35,36)/b25-16-/t27-/m0/s1. The second-order valence-electron chi connectivity index (χ2n) is 9.20. The molecule has 0 aliphatic carbocycles. The number of furan rings is 1. The van der Waals surface area contributed by atoms with Crippen molar-refractivity contribution in [1.29, 1.82) is 0 Å². The quantitative estimate of drug-likeness (QED) is 0.289. The fourth-order valence-corrected chi connectivity index (χ4v) is 5.85. The molecule has 0 bridgehead atoms. The van der Waals surface area contributed by atoms with Crippen molar-refractivity contribution < 1.29 is 33.3 Å². The van der Waals surface area contributed by atoms with Gasteiger partial charge in [0.2, 0.25) is 0 Å². The highest BCUT2D eigenvalue weighted by Crippen LogP contribution is 2.36. The average Bonchev–Trinajstić information content (AvgIpc) is 3.56. The van der Waals surface area contributed by atoms with E-state index in [1.54, 1.807) is 68.5 Å². The third kappa shape index (κ3) is 5.26. The zero-order chi connectivity index (χ0) is 30.0. The number of ether oxygens (including phenoxy) is 3. The molecule has 4 aromatic rings. The minimum Gasteiger partial charge on any atom is -0.493 e. The summed E-state index contributed by atoms with van der Waals surface area (Å²) in [4.78, 5) is 43.8. The lowest BCUT2D eigenvalue weighted by Gasteiger charge is -2.25. The Labute approximate surface area is 244 Å². The number of nitrogens with zero attached hydrogens (tertiary/aromatic N) is 2. The van der Waals surface area contributed by atoms with E-state index < -0.39 is 18.0 Å². The summed E-state index contributed by atoms with van der Waals surface area (Å²) in [7, 11) is 1.54. The summed E-state index contributed by atoms with van der Waals surface area (Å²) >= 11 is 1.15. The topological polar surface area (TPSA) is 130 Å². The largest absolute Gasteiger partial charge is 0.493 e. The van der Waals surface area contributed by atoms with Crippen molar-refractivity contribution >= 4 is 29.4 Å². The Morgan fingerprint density at radius 2 is 1.88 bits per heavy atom. The molecule has 0 spiro atoms. The molecule has 0 radical (unpaired) electrons. The van der Waals surface area contributed by atoms with Crippen LogP contribution in [0.2, 0.25) is 0 Å². The van der Waals surface area contributed by atoms with Crippen LogP contribution in [0.1, 0.15) is 48.5 Å². The normalized spacial score (nSPS) is 14.8. The highest BCUT2D eigenvalue weighted by molar-refractivity contribution is 7.07. The van der Waals surface area contributed by atoms with Crippen LogP contribution in [0.15, 0.2) is 80.1 Å².